The third-order valence-corrected chi connectivity index (χ3v) is 5.96. The van der Waals surface area contributed by atoms with Crippen LogP contribution < -0.4 is 20.3 Å². The molecular formula is C23H19N5O4S. The van der Waals surface area contributed by atoms with Crippen molar-refractivity contribution < 1.29 is 19.1 Å². The molecule has 3 aromatic heterocycles. The zero-order chi connectivity index (χ0) is 22.8. The molecule has 0 unspecified atom stereocenters. The van der Waals surface area contributed by atoms with Crippen molar-refractivity contribution in [2.45, 2.75) is 16.8 Å². The topological polar surface area (TPSA) is 107 Å². The Balaban J connectivity index is 1.31. The van der Waals surface area contributed by atoms with Crippen molar-refractivity contribution in [2.24, 2.45) is 0 Å². The molecule has 0 aliphatic carbocycles. The predicted molar refractivity (Wildman–Crippen MR) is 121 cm³/mol. The number of hydrazine groups is 1. The third kappa shape index (κ3) is 4.20. The Morgan fingerprint density at radius 2 is 1.82 bits per heavy atom. The van der Waals surface area contributed by atoms with Crippen molar-refractivity contribution in [3.63, 3.8) is 0 Å². The minimum atomic E-state index is -0.483. The van der Waals surface area contributed by atoms with Gasteiger partial charge in [-0.1, -0.05) is 17.8 Å². The maximum atomic E-state index is 12.9. The van der Waals surface area contributed by atoms with Crippen molar-refractivity contribution >= 4 is 29.2 Å². The number of fused-ring (bicyclic) bond motifs is 2. The molecule has 166 valence electrons. The molecule has 1 aromatic carbocycles. The summed E-state index contributed by atoms with van der Waals surface area (Å²) < 4.78 is 12.8. The Kier molecular flexibility index (Phi) is 5.57. The van der Waals surface area contributed by atoms with Crippen molar-refractivity contribution in [2.75, 3.05) is 13.2 Å². The zero-order valence-corrected chi connectivity index (χ0v) is 18.4. The van der Waals surface area contributed by atoms with Crippen LogP contribution in [0, 0.1) is 6.92 Å². The summed E-state index contributed by atoms with van der Waals surface area (Å²) in [6.07, 6.45) is 3.35. The number of hydrogen-bond donors (Lipinski definition) is 2. The highest BCUT2D eigenvalue weighted by Gasteiger charge is 2.19. The number of benzene rings is 1. The number of rotatable bonds is 4. The quantitative estimate of drug-likeness (QED) is 0.450. The number of ether oxygens (including phenoxy) is 2. The maximum absolute atomic E-state index is 12.9. The number of nitrogens with zero attached hydrogens (tertiary/aromatic N) is 3. The number of imidazole rings is 1. The molecule has 33 heavy (non-hydrogen) atoms. The van der Waals surface area contributed by atoms with Crippen LogP contribution in [0.3, 0.4) is 0 Å². The van der Waals surface area contributed by atoms with Crippen LogP contribution in [0.1, 0.15) is 26.5 Å². The second-order valence-corrected chi connectivity index (χ2v) is 8.21. The van der Waals surface area contributed by atoms with E-state index < -0.39 is 11.8 Å². The highest BCUT2D eigenvalue weighted by Crippen LogP contribution is 2.37. The van der Waals surface area contributed by atoms with Crippen LogP contribution in [0.25, 0.3) is 5.65 Å². The van der Waals surface area contributed by atoms with Crippen LogP contribution in [0.2, 0.25) is 0 Å². The van der Waals surface area contributed by atoms with E-state index in [2.05, 4.69) is 20.8 Å². The van der Waals surface area contributed by atoms with Crippen molar-refractivity contribution in [1.82, 2.24) is 25.2 Å². The summed E-state index contributed by atoms with van der Waals surface area (Å²) in [7, 11) is 0. The molecule has 0 spiro atoms. The molecule has 4 heterocycles. The number of amides is 2. The number of carbonyl (C=O) groups is 2. The fourth-order valence-corrected chi connectivity index (χ4v) is 4.38. The monoisotopic (exact) mass is 461 g/mol. The zero-order valence-electron chi connectivity index (χ0n) is 17.6. The van der Waals surface area contributed by atoms with E-state index in [1.54, 1.807) is 48.0 Å². The molecule has 1 aliphatic rings. The smallest absolute Gasteiger partial charge is 0.288 e. The number of nitrogens with one attached hydrogen (secondary N) is 2. The van der Waals surface area contributed by atoms with E-state index in [9.17, 15) is 9.59 Å². The average molecular weight is 462 g/mol. The summed E-state index contributed by atoms with van der Waals surface area (Å²) in [5.41, 5.74) is 6.84. The summed E-state index contributed by atoms with van der Waals surface area (Å²) in [4.78, 5) is 35.2. The van der Waals surface area contributed by atoms with E-state index in [4.69, 9.17) is 9.47 Å². The first kappa shape index (κ1) is 20.8. The van der Waals surface area contributed by atoms with Crippen LogP contribution in [-0.4, -0.2) is 39.4 Å². The first-order chi connectivity index (χ1) is 16.1. The molecule has 0 saturated heterocycles. The predicted octanol–water partition coefficient (Wildman–Crippen LogP) is 3.03. The fourth-order valence-electron chi connectivity index (χ4n) is 3.47. The van der Waals surface area contributed by atoms with E-state index in [-0.39, 0.29) is 0 Å². The normalized spacial score (nSPS) is 12.4. The molecule has 0 radical (unpaired) electrons. The van der Waals surface area contributed by atoms with Gasteiger partial charge < -0.3 is 9.47 Å². The molecule has 2 amide bonds. The molecule has 2 N–H and O–H groups in total. The Bertz CT molecular complexity index is 1370. The Morgan fingerprint density at radius 1 is 1.00 bits per heavy atom. The first-order valence-electron chi connectivity index (χ1n) is 10.2. The molecule has 5 rings (SSSR count). The number of hydrogen-bond acceptors (Lipinski definition) is 7. The van der Waals surface area contributed by atoms with Gasteiger partial charge in [-0.25, -0.2) is 9.97 Å². The van der Waals surface area contributed by atoms with Gasteiger partial charge >= 0.3 is 0 Å². The lowest BCUT2D eigenvalue weighted by Crippen LogP contribution is -2.42. The van der Waals surface area contributed by atoms with Gasteiger partial charge in [-0.3, -0.25) is 24.8 Å². The summed E-state index contributed by atoms with van der Waals surface area (Å²) in [5, 5.41) is 0.493. The van der Waals surface area contributed by atoms with Gasteiger partial charge in [0.05, 0.1) is 11.3 Å². The molecular weight excluding hydrogens is 442 g/mol. The lowest BCUT2D eigenvalue weighted by molar-refractivity contribution is 0.0841. The highest BCUT2D eigenvalue weighted by molar-refractivity contribution is 7.99. The lowest BCUT2D eigenvalue weighted by Gasteiger charge is -2.18. The van der Waals surface area contributed by atoms with Gasteiger partial charge in [-0.15, -0.1) is 0 Å². The van der Waals surface area contributed by atoms with Crippen LogP contribution in [0.4, 0.5) is 0 Å². The van der Waals surface area contributed by atoms with Gasteiger partial charge in [0, 0.05) is 17.3 Å². The Morgan fingerprint density at radius 3 is 2.70 bits per heavy atom. The van der Waals surface area contributed by atoms with E-state index in [0.29, 0.717) is 52.3 Å². The van der Waals surface area contributed by atoms with Gasteiger partial charge in [0.15, 0.2) is 11.5 Å². The minimum absolute atomic E-state index is 0.326. The van der Waals surface area contributed by atoms with Gasteiger partial charge in [0.25, 0.3) is 11.8 Å². The van der Waals surface area contributed by atoms with Crippen LogP contribution in [0.15, 0.2) is 70.8 Å². The van der Waals surface area contributed by atoms with Gasteiger partial charge in [0.1, 0.15) is 29.6 Å². The van der Waals surface area contributed by atoms with Gasteiger partial charge in [-0.05, 0) is 49.4 Å². The molecule has 9 nitrogen and oxygen atoms in total. The fraction of sp³-hybridized carbons (Fsp3) is 0.130. The Hall–Kier alpha value is -4.05. The van der Waals surface area contributed by atoms with Crippen LogP contribution in [-0.2, 0) is 0 Å². The van der Waals surface area contributed by atoms with Crippen LogP contribution in [0.5, 0.6) is 11.5 Å². The molecule has 4 aromatic rings. The molecule has 1 aliphatic heterocycles. The summed E-state index contributed by atoms with van der Waals surface area (Å²) in [6, 6.07) is 14.3. The van der Waals surface area contributed by atoms with E-state index in [1.165, 1.54) is 11.8 Å². The number of aromatic nitrogens is 3. The van der Waals surface area contributed by atoms with E-state index in [1.807, 2.05) is 24.3 Å². The van der Waals surface area contributed by atoms with Crippen molar-refractivity contribution in [3.05, 3.63) is 77.9 Å². The second kappa shape index (κ2) is 8.83. The highest BCUT2D eigenvalue weighted by atomic mass is 32.2. The van der Waals surface area contributed by atoms with E-state index >= 15 is 0 Å². The second-order valence-electron chi connectivity index (χ2n) is 7.15. The van der Waals surface area contributed by atoms with Crippen molar-refractivity contribution in [3.8, 4) is 11.5 Å². The summed E-state index contributed by atoms with van der Waals surface area (Å²) in [6.45, 7) is 2.75. The number of carbonyl (C=O) groups excluding carboxylic acids is 2. The van der Waals surface area contributed by atoms with Gasteiger partial charge in [-0.2, -0.15) is 0 Å². The standard InChI is InChI=1S/C23H19N5O4S/c1-14-20(28-10-3-2-6-19(28)25-14)22(30)27-26-21(29)16-5-4-9-24-23(16)33-15-7-8-17-18(13-15)32-12-11-31-17/h2-10,13H,11-12H2,1H3,(H,26,29)(H,27,30). The SMILES string of the molecule is Cc1nc2ccccn2c1C(=O)NNC(=O)c1cccnc1Sc1ccc2c(c1)OCCO2. The maximum Gasteiger partial charge on any atom is 0.288 e. The first-order valence-corrected chi connectivity index (χ1v) is 11.0. The van der Waals surface area contributed by atoms with Gasteiger partial charge in [0.2, 0.25) is 0 Å². The number of aryl methyl sites for hydroxylation is 1. The molecule has 0 fully saturated rings. The number of pyridine rings is 2. The van der Waals surface area contributed by atoms with Crippen LogP contribution >= 0.6 is 11.8 Å². The van der Waals surface area contributed by atoms with Crippen molar-refractivity contribution in [1.29, 1.82) is 0 Å². The summed E-state index contributed by atoms with van der Waals surface area (Å²) >= 11 is 1.32. The largest absolute Gasteiger partial charge is 0.486 e. The lowest BCUT2D eigenvalue weighted by atomic mass is 10.3. The molecule has 0 saturated carbocycles. The average Bonchev–Trinajstić information content (AvgIpc) is 3.18. The molecule has 10 heteroatoms. The van der Waals surface area contributed by atoms with E-state index in [0.717, 1.165) is 4.90 Å². The molecule has 0 atom stereocenters. The third-order valence-electron chi connectivity index (χ3n) is 4.95. The summed E-state index contributed by atoms with van der Waals surface area (Å²) in [5.74, 6) is 0.395. The minimum Gasteiger partial charge on any atom is -0.486 e. The Labute approximate surface area is 193 Å². The molecule has 0 bridgehead atoms.